The molecule has 0 spiro atoms. The van der Waals surface area contributed by atoms with E-state index in [2.05, 4.69) is 5.32 Å². The van der Waals surface area contributed by atoms with Crippen LogP contribution >= 0.6 is 11.6 Å². The Labute approximate surface area is 173 Å². The smallest absolute Gasteiger partial charge is 0.255 e. The van der Waals surface area contributed by atoms with E-state index in [0.29, 0.717) is 22.0 Å². The standard InChI is InChI=1S/C21H18ClFN2O3S/c1-29(27,28)25(14-16-6-2-4-8-19(16)23)17-12-10-15(11-13-17)21(26)24-20-9-5-3-7-18(20)22/h2-13H,14H2,1H3,(H,24,26). The summed E-state index contributed by atoms with van der Waals surface area (Å²) >= 11 is 6.04. The van der Waals surface area contributed by atoms with Crippen molar-refractivity contribution >= 4 is 38.9 Å². The van der Waals surface area contributed by atoms with Crippen molar-refractivity contribution in [2.75, 3.05) is 15.9 Å². The number of carbonyl (C=O) groups is 1. The molecule has 150 valence electrons. The van der Waals surface area contributed by atoms with Gasteiger partial charge in [0.2, 0.25) is 10.0 Å². The molecule has 0 heterocycles. The fourth-order valence-corrected chi connectivity index (χ4v) is 3.78. The third-order valence-electron chi connectivity index (χ3n) is 4.21. The third-order valence-corrected chi connectivity index (χ3v) is 5.68. The maximum absolute atomic E-state index is 14.0. The second-order valence-corrected chi connectivity index (χ2v) is 8.66. The summed E-state index contributed by atoms with van der Waals surface area (Å²) in [7, 11) is -3.67. The van der Waals surface area contributed by atoms with Crippen LogP contribution in [0.1, 0.15) is 15.9 Å². The van der Waals surface area contributed by atoms with E-state index in [1.54, 1.807) is 30.3 Å². The van der Waals surface area contributed by atoms with E-state index in [-0.39, 0.29) is 18.0 Å². The van der Waals surface area contributed by atoms with Crippen molar-refractivity contribution in [3.8, 4) is 0 Å². The molecule has 0 aromatic heterocycles. The number of nitrogens with zero attached hydrogens (tertiary/aromatic N) is 1. The molecule has 3 rings (SSSR count). The number of anilines is 2. The minimum absolute atomic E-state index is 0.156. The van der Waals surface area contributed by atoms with Crippen LogP contribution < -0.4 is 9.62 Å². The molecular weight excluding hydrogens is 415 g/mol. The molecule has 0 bridgehead atoms. The van der Waals surface area contributed by atoms with Gasteiger partial charge in [-0.25, -0.2) is 12.8 Å². The molecule has 3 aromatic rings. The number of hydrogen-bond donors (Lipinski definition) is 1. The van der Waals surface area contributed by atoms with Crippen molar-refractivity contribution in [1.29, 1.82) is 0 Å². The SMILES string of the molecule is CS(=O)(=O)N(Cc1ccccc1F)c1ccc(C(=O)Nc2ccccc2Cl)cc1. The normalized spacial score (nSPS) is 11.1. The molecule has 0 unspecified atom stereocenters. The van der Waals surface area contributed by atoms with Crippen LogP contribution in [0.4, 0.5) is 15.8 Å². The van der Waals surface area contributed by atoms with Crippen molar-refractivity contribution in [3.05, 3.63) is 94.8 Å². The van der Waals surface area contributed by atoms with E-state index in [1.807, 2.05) is 0 Å². The Morgan fingerprint density at radius 2 is 1.62 bits per heavy atom. The van der Waals surface area contributed by atoms with E-state index in [0.717, 1.165) is 10.6 Å². The van der Waals surface area contributed by atoms with Crippen LogP contribution in [0.2, 0.25) is 5.02 Å². The molecule has 0 atom stereocenters. The largest absolute Gasteiger partial charge is 0.321 e. The van der Waals surface area contributed by atoms with Crippen molar-refractivity contribution in [1.82, 2.24) is 0 Å². The Morgan fingerprint density at radius 3 is 2.24 bits per heavy atom. The first-order chi connectivity index (χ1) is 13.8. The molecule has 0 fully saturated rings. The number of halogens is 2. The van der Waals surface area contributed by atoms with E-state index in [9.17, 15) is 17.6 Å². The molecule has 0 aliphatic rings. The molecular formula is C21H18ClFN2O3S. The molecule has 5 nitrogen and oxygen atoms in total. The summed E-state index contributed by atoms with van der Waals surface area (Å²) in [4.78, 5) is 12.4. The quantitative estimate of drug-likeness (QED) is 0.614. The van der Waals surface area contributed by atoms with Gasteiger partial charge >= 0.3 is 0 Å². The van der Waals surface area contributed by atoms with Gasteiger partial charge in [0, 0.05) is 11.1 Å². The molecule has 0 radical (unpaired) electrons. The van der Waals surface area contributed by atoms with E-state index in [4.69, 9.17) is 11.6 Å². The average Bonchev–Trinajstić information content (AvgIpc) is 2.68. The van der Waals surface area contributed by atoms with Crippen LogP contribution in [0.25, 0.3) is 0 Å². The summed E-state index contributed by atoms with van der Waals surface area (Å²) in [5.74, 6) is -0.874. The zero-order valence-electron chi connectivity index (χ0n) is 15.5. The highest BCUT2D eigenvalue weighted by molar-refractivity contribution is 7.92. The number of sulfonamides is 1. The molecule has 0 saturated heterocycles. The molecule has 3 aromatic carbocycles. The van der Waals surface area contributed by atoms with Crippen molar-refractivity contribution < 1.29 is 17.6 Å². The van der Waals surface area contributed by atoms with Gasteiger partial charge in [0.15, 0.2) is 0 Å². The minimum Gasteiger partial charge on any atom is -0.321 e. The molecule has 0 saturated carbocycles. The molecule has 29 heavy (non-hydrogen) atoms. The van der Waals surface area contributed by atoms with Gasteiger partial charge in [-0.1, -0.05) is 41.9 Å². The van der Waals surface area contributed by atoms with Gasteiger partial charge in [-0.3, -0.25) is 9.10 Å². The van der Waals surface area contributed by atoms with Crippen LogP contribution in [0, 0.1) is 5.82 Å². The highest BCUT2D eigenvalue weighted by Gasteiger charge is 2.20. The monoisotopic (exact) mass is 432 g/mol. The van der Waals surface area contributed by atoms with Gasteiger partial charge < -0.3 is 5.32 Å². The second kappa shape index (κ2) is 8.63. The minimum atomic E-state index is -3.67. The molecule has 1 N–H and O–H groups in total. The summed E-state index contributed by atoms with van der Waals surface area (Å²) < 4.78 is 39.6. The molecule has 8 heteroatoms. The summed E-state index contributed by atoms with van der Waals surface area (Å²) in [6.45, 7) is -0.156. The Balaban J connectivity index is 1.83. The number of nitrogens with one attached hydrogen (secondary N) is 1. The van der Waals surface area contributed by atoms with Crippen molar-refractivity contribution in [2.45, 2.75) is 6.54 Å². The van der Waals surface area contributed by atoms with Crippen LogP contribution in [0.5, 0.6) is 0 Å². The number of para-hydroxylation sites is 1. The summed E-state index contributed by atoms with van der Waals surface area (Å²) in [6.07, 6.45) is 1.05. The van der Waals surface area contributed by atoms with Gasteiger partial charge in [-0.05, 0) is 42.5 Å². The summed E-state index contributed by atoms with van der Waals surface area (Å²) in [5, 5.41) is 3.11. The topological polar surface area (TPSA) is 66.5 Å². The zero-order chi connectivity index (χ0) is 21.0. The summed E-state index contributed by atoms with van der Waals surface area (Å²) in [6, 6.07) is 18.8. The van der Waals surface area contributed by atoms with Gasteiger partial charge in [-0.15, -0.1) is 0 Å². The van der Waals surface area contributed by atoms with Crippen LogP contribution in [0.3, 0.4) is 0 Å². The fourth-order valence-electron chi connectivity index (χ4n) is 2.72. The lowest BCUT2D eigenvalue weighted by Gasteiger charge is -2.23. The fraction of sp³-hybridized carbons (Fsp3) is 0.0952. The van der Waals surface area contributed by atoms with Gasteiger partial charge in [0.1, 0.15) is 5.82 Å². The highest BCUT2D eigenvalue weighted by atomic mass is 35.5. The van der Waals surface area contributed by atoms with Crippen molar-refractivity contribution in [3.63, 3.8) is 0 Å². The van der Waals surface area contributed by atoms with Crippen LogP contribution in [-0.4, -0.2) is 20.6 Å². The highest BCUT2D eigenvalue weighted by Crippen LogP contribution is 2.24. The van der Waals surface area contributed by atoms with Crippen LogP contribution in [0.15, 0.2) is 72.8 Å². The van der Waals surface area contributed by atoms with Crippen LogP contribution in [-0.2, 0) is 16.6 Å². The number of benzene rings is 3. The maximum atomic E-state index is 14.0. The van der Waals surface area contributed by atoms with Crippen molar-refractivity contribution in [2.24, 2.45) is 0 Å². The lowest BCUT2D eigenvalue weighted by Crippen LogP contribution is -2.29. The Bertz CT molecular complexity index is 1130. The summed E-state index contributed by atoms with van der Waals surface area (Å²) in [5.41, 5.74) is 1.37. The number of hydrogen-bond acceptors (Lipinski definition) is 3. The Kier molecular flexibility index (Phi) is 6.20. The number of carbonyl (C=O) groups excluding carboxylic acids is 1. The van der Waals surface area contributed by atoms with Gasteiger partial charge in [0.05, 0.1) is 29.2 Å². The predicted octanol–water partition coefficient (Wildman–Crippen LogP) is 4.70. The van der Waals surface area contributed by atoms with E-state index < -0.39 is 15.8 Å². The molecule has 1 amide bonds. The third kappa shape index (κ3) is 5.13. The van der Waals surface area contributed by atoms with Gasteiger partial charge in [0.25, 0.3) is 5.91 Å². The molecule has 0 aliphatic heterocycles. The van der Waals surface area contributed by atoms with E-state index >= 15 is 0 Å². The molecule has 0 aliphatic carbocycles. The Hall–Kier alpha value is -2.90. The van der Waals surface area contributed by atoms with E-state index in [1.165, 1.54) is 42.5 Å². The average molecular weight is 433 g/mol. The second-order valence-electron chi connectivity index (χ2n) is 6.34. The first-order valence-electron chi connectivity index (χ1n) is 8.63. The number of amides is 1. The predicted molar refractivity (Wildman–Crippen MR) is 113 cm³/mol. The first-order valence-corrected chi connectivity index (χ1v) is 10.9. The maximum Gasteiger partial charge on any atom is 0.255 e. The van der Waals surface area contributed by atoms with Gasteiger partial charge in [-0.2, -0.15) is 0 Å². The number of rotatable bonds is 6. The zero-order valence-corrected chi connectivity index (χ0v) is 17.0. The lowest BCUT2D eigenvalue weighted by molar-refractivity contribution is 0.102. The Morgan fingerprint density at radius 1 is 1.00 bits per heavy atom. The lowest BCUT2D eigenvalue weighted by atomic mass is 10.1. The first kappa shape index (κ1) is 20.8.